The van der Waals surface area contributed by atoms with E-state index in [-0.39, 0.29) is 5.41 Å². The van der Waals surface area contributed by atoms with Crippen LogP contribution in [0.2, 0.25) is 0 Å². The van der Waals surface area contributed by atoms with Crippen molar-refractivity contribution in [1.82, 2.24) is 0 Å². The van der Waals surface area contributed by atoms with Crippen LogP contribution in [-0.4, -0.2) is 14.2 Å². The summed E-state index contributed by atoms with van der Waals surface area (Å²) in [6.45, 7) is 8.58. The van der Waals surface area contributed by atoms with Gasteiger partial charge in [0.05, 0.1) is 14.2 Å². The lowest BCUT2D eigenvalue weighted by Crippen LogP contribution is -2.13. The SMILES string of the molecule is COc1cc(OC)c(C(C)(C)C)cc1C. The Morgan fingerprint density at radius 1 is 0.933 bits per heavy atom. The highest BCUT2D eigenvalue weighted by Gasteiger charge is 2.20. The monoisotopic (exact) mass is 208 g/mol. The first kappa shape index (κ1) is 11.9. The molecule has 0 aliphatic carbocycles. The number of hydrogen-bond acceptors (Lipinski definition) is 2. The molecule has 0 spiro atoms. The van der Waals surface area contributed by atoms with Gasteiger partial charge >= 0.3 is 0 Å². The van der Waals surface area contributed by atoms with Crippen LogP contribution in [0.1, 0.15) is 31.9 Å². The van der Waals surface area contributed by atoms with Gasteiger partial charge in [0, 0.05) is 6.07 Å². The third kappa shape index (κ3) is 2.44. The van der Waals surface area contributed by atoms with E-state index in [0.29, 0.717) is 0 Å². The zero-order valence-corrected chi connectivity index (χ0v) is 10.5. The van der Waals surface area contributed by atoms with E-state index < -0.39 is 0 Å². The minimum Gasteiger partial charge on any atom is -0.496 e. The van der Waals surface area contributed by atoms with Crippen molar-refractivity contribution in [2.75, 3.05) is 14.2 Å². The smallest absolute Gasteiger partial charge is 0.126 e. The first-order chi connectivity index (χ1) is 6.90. The molecule has 0 bridgehead atoms. The van der Waals surface area contributed by atoms with Crippen molar-refractivity contribution in [2.24, 2.45) is 0 Å². The predicted octanol–water partition coefficient (Wildman–Crippen LogP) is 3.31. The number of rotatable bonds is 2. The minimum absolute atomic E-state index is 0.0857. The quantitative estimate of drug-likeness (QED) is 0.742. The van der Waals surface area contributed by atoms with E-state index >= 15 is 0 Å². The van der Waals surface area contributed by atoms with E-state index in [1.54, 1.807) is 14.2 Å². The first-order valence-corrected chi connectivity index (χ1v) is 5.13. The normalized spacial score (nSPS) is 11.3. The molecule has 0 unspecified atom stereocenters. The molecule has 0 fully saturated rings. The van der Waals surface area contributed by atoms with Gasteiger partial charge in [-0.2, -0.15) is 0 Å². The summed E-state index contributed by atoms with van der Waals surface area (Å²) < 4.78 is 10.7. The largest absolute Gasteiger partial charge is 0.496 e. The van der Waals surface area contributed by atoms with Crippen LogP contribution in [0.5, 0.6) is 11.5 Å². The molecule has 0 aliphatic rings. The predicted molar refractivity (Wildman–Crippen MR) is 63.0 cm³/mol. The summed E-state index contributed by atoms with van der Waals surface area (Å²) >= 11 is 0. The standard InChI is InChI=1S/C13H20O2/c1-9-7-10(13(2,3)4)12(15-6)8-11(9)14-5/h7-8H,1-6H3. The lowest BCUT2D eigenvalue weighted by molar-refractivity contribution is 0.381. The second-order valence-corrected chi connectivity index (χ2v) is 4.77. The van der Waals surface area contributed by atoms with Gasteiger partial charge in [0.25, 0.3) is 0 Å². The molecule has 0 amide bonds. The zero-order valence-electron chi connectivity index (χ0n) is 10.5. The first-order valence-electron chi connectivity index (χ1n) is 5.13. The van der Waals surface area contributed by atoms with Gasteiger partial charge in [-0.1, -0.05) is 20.8 Å². The maximum atomic E-state index is 5.39. The van der Waals surface area contributed by atoms with Crippen LogP contribution in [0.4, 0.5) is 0 Å². The summed E-state index contributed by atoms with van der Waals surface area (Å²) in [7, 11) is 3.37. The van der Waals surface area contributed by atoms with Crippen LogP contribution in [0, 0.1) is 6.92 Å². The number of aryl methyl sites for hydroxylation is 1. The molecular weight excluding hydrogens is 188 g/mol. The molecule has 0 N–H and O–H groups in total. The Balaban J connectivity index is 3.34. The third-order valence-corrected chi connectivity index (χ3v) is 2.52. The van der Waals surface area contributed by atoms with Crippen LogP contribution in [0.3, 0.4) is 0 Å². The van der Waals surface area contributed by atoms with Gasteiger partial charge in [0.15, 0.2) is 0 Å². The molecule has 1 aromatic rings. The Bertz CT molecular complexity index is 348. The molecule has 0 saturated heterocycles. The molecule has 2 heteroatoms. The molecule has 1 aromatic carbocycles. The maximum Gasteiger partial charge on any atom is 0.126 e. The fraction of sp³-hybridized carbons (Fsp3) is 0.538. The topological polar surface area (TPSA) is 18.5 Å². The second-order valence-electron chi connectivity index (χ2n) is 4.77. The van der Waals surface area contributed by atoms with Crippen LogP contribution in [-0.2, 0) is 5.41 Å². The summed E-state index contributed by atoms with van der Waals surface area (Å²) in [6, 6.07) is 4.09. The van der Waals surface area contributed by atoms with E-state index in [9.17, 15) is 0 Å². The van der Waals surface area contributed by atoms with Crippen molar-refractivity contribution in [1.29, 1.82) is 0 Å². The van der Waals surface area contributed by atoms with Crippen LogP contribution in [0.25, 0.3) is 0 Å². The van der Waals surface area contributed by atoms with Gasteiger partial charge in [-0.3, -0.25) is 0 Å². The maximum absolute atomic E-state index is 5.39. The van der Waals surface area contributed by atoms with Gasteiger partial charge in [-0.05, 0) is 29.5 Å². The van der Waals surface area contributed by atoms with Crippen LogP contribution in [0.15, 0.2) is 12.1 Å². The lowest BCUT2D eigenvalue weighted by Gasteiger charge is -2.23. The Morgan fingerprint density at radius 2 is 1.47 bits per heavy atom. The highest BCUT2D eigenvalue weighted by atomic mass is 16.5. The molecule has 15 heavy (non-hydrogen) atoms. The number of ether oxygens (including phenoxy) is 2. The molecule has 0 saturated carbocycles. The summed E-state index contributed by atoms with van der Waals surface area (Å²) in [6.07, 6.45) is 0. The molecule has 0 heterocycles. The lowest BCUT2D eigenvalue weighted by atomic mass is 9.85. The Hall–Kier alpha value is -1.18. The van der Waals surface area contributed by atoms with E-state index in [1.807, 2.05) is 13.0 Å². The zero-order chi connectivity index (χ0) is 11.6. The van der Waals surface area contributed by atoms with Gasteiger partial charge in [0.2, 0.25) is 0 Å². The summed E-state index contributed by atoms with van der Waals surface area (Å²) in [5.41, 5.74) is 2.44. The van der Waals surface area contributed by atoms with Crippen molar-refractivity contribution >= 4 is 0 Å². The Kier molecular flexibility index (Phi) is 3.28. The van der Waals surface area contributed by atoms with Crippen LogP contribution < -0.4 is 9.47 Å². The minimum atomic E-state index is 0.0857. The number of hydrogen-bond donors (Lipinski definition) is 0. The third-order valence-electron chi connectivity index (χ3n) is 2.52. The van der Waals surface area contributed by atoms with E-state index in [2.05, 4.69) is 26.8 Å². The fourth-order valence-electron chi connectivity index (χ4n) is 1.64. The van der Waals surface area contributed by atoms with Gasteiger partial charge in [0.1, 0.15) is 11.5 Å². The van der Waals surface area contributed by atoms with Crippen molar-refractivity contribution in [3.8, 4) is 11.5 Å². The van der Waals surface area contributed by atoms with E-state index in [1.165, 1.54) is 5.56 Å². The molecule has 84 valence electrons. The summed E-state index contributed by atoms with van der Waals surface area (Å²) in [5.74, 6) is 1.77. The molecule has 0 aromatic heterocycles. The highest BCUT2D eigenvalue weighted by Crippen LogP contribution is 2.36. The molecule has 2 nitrogen and oxygen atoms in total. The second kappa shape index (κ2) is 4.13. The Labute approximate surface area is 92.2 Å². The number of benzene rings is 1. The van der Waals surface area contributed by atoms with Gasteiger partial charge in [-0.25, -0.2) is 0 Å². The fourth-order valence-corrected chi connectivity index (χ4v) is 1.64. The average molecular weight is 208 g/mol. The van der Waals surface area contributed by atoms with Crippen molar-refractivity contribution in [3.05, 3.63) is 23.3 Å². The Morgan fingerprint density at radius 3 is 1.87 bits per heavy atom. The van der Waals surface area contributed by atoms with Crippen molar-refractivity contribution < 1.29 is 9.47 Å². The molecule has 0 aliphatic heterocycles. The van der Waals surface area contributed by atoms with Crippen molar-refractivity contribution in [3.63, 3.8) is 0 Å². The molecule has 1 rings (SSSR count). The van der Waals surface area contributed by atoms with E-state index in [0.717, 1.165) is 17.1 Å². The highest BCUT2D eigenvalue weighted by molar-refractivity contribution is 5.48. The summed E-state index contributed by atoms with van der Waals surface area (Å²) in [4.78, 5) is 0. The molecule has 0 radical (unpaired) electrons. The van der Waals surface area contributed by atoms with Gasteiger partial charge < -0.3 is 9.47 Å². The van der Waals surface area contributed by atoms with Crippen LogP contribution >= 0.6 is 0 Å². The van der Waals surface area contributed by atoms with Crippen molar-refractivity contribution in [2.45, 2.75) is 33.1 Å². The van der Waals surface area contributed by atoms with Gasteiger partial charge in [-0.15, -0.1) is 0 Å². The molecular formula is C13H20O2. The molecule has 0 atom stereocenters. The average Bonchev–Trinajstić information content (AvgIpc) is 2.16. The number of methoxy groups -OCH3 is 2. The summed E-state index contributed by atoms with van der Waals surface area (Å²) in [5, 5.41) is 0. The van der Waals surface area contributed by atoms with E-state index in [4.69, 9.17) is 9.47 Å².